The molecule has 2 rings (SSSR count). The summed E-state index contributed by atoms with van der Waals surface area (Å²) in [7, 11) is 1.67. The van der Waals surface area contributed by atoms with Crippen LogP contribution in [0.3, 0.4) is 0 Å². The molecule has 1 aromatic rings. The van der Waals surface area contributed by atoms with Gasteiger partial charge in [0.05, 0.1) is 17.2 Å². The number of rotatable bonds is 4. The zero-order valence-electron chi connectivity index (χ0n) is 12.7. The molecule has 0 saturated heterocycles. The van der Waals surface area contributed by atoms with Crippen LogP contribution in [-0.2, 0) is 6.42 Å². The van der Waals surface area contributed by atoms with Gasteiger partial charge in [0.15, 0.2) is 0 Å². The van der Waals surface area contributed by atoms with Crippen LogP contribution in [0, 0.1) is 11.8 Å². The number of aliphatic hydroxyl groups is 1. The van der Waals surface area contributed by atoms with E-state index in [1.807, 2.05) is 6.07 Å². The Labute approximate surface area is 130 Å². The van der Waals surface area contributed by atoms with Crippen LogP contribution in [0.1, 0.15) is 45.1 Å². The van der Waals surface area contributed by atoms with E-state index >= 15 is 0 Å². The van der Waals surface area contributed by atoms with Crippen molar-refractivity contribution >= 4 is 15.9 Å². The Bertz CT molecular complexity index is 448. The molecule has 0 unspecified atom stereocenters. The molecule has 0 atom stereocenters. The van der Waals surface area contributed by atoms with Gasteiger partial charge in [-0.2, -0.15) is 0 Å². The SMILES string of the molecule is COc1ccc(CC2(O)CCC(C(C)C)CC2)cc1Br. The molecule has 0 aliphatic heterocycles. The molecule has 0 bridgehead atoms. The standard InChI is InChI=1S/C17H25BrO2/c1-12(2)14-6-8-17(19,9-7-14)11-13-4-5-16(20-3)15(18)10-13/h4-5,10,12,14,19H,6-9,11H2,1-3H3. The summed E-state index contributed by atoms with van der Waals surface area (Å²) < 4.78 is 6.20. The zero-order valence-corrected chi connectivity index (χ0v) is 14.2. The molecule has 0 aromatic heterocycles. The molecule has 3 heteroatoms. The minimum atomic E-state index is -0.528. The maximum Gasteiger partial charge on any atom is 0.133 e. The molecule has 1 aliphatic carbocycles. The lowest BCUT2D eigenvalue weighted by Gasteiger charge is -2.37. The molecule has 0 spiro atoms. The Morgan fingerprint density at radius 3 is 2.50 bits per heavy atom. The third-order valence-corrected chi connectivity index (χ3v) is 5.27. The predicted molar refractivity (Wildman–Crippen MR) is 86.1 cm³/mol. The average molecular weight is 341 g/mol. The summed E-state index contributed by atoms with van der Waals surface area (Å²) in [5.41, 5.74) is 0.641. The summed E-state index contributed by atoms with van der Waals surface area (Å²) in [5.74, 6) is 2.34. The fourth-order valence-corrected chi connectivity index (χ4v) is 3.81. The highest BCUT2D eigenvalue weighted by Gasteiger charge is 2.34. The van der Waals surface area contributed by atoms with Crippen LogP contribution in [0.5, 0.6) is 5.75 Å². The monoisotopic (exact) mass is 340 g/mol. The van der Waals surface area contributed by atoms with Gasteiger partial charge in [0, 0.05) is 6.42 Å². The largest absolute Gasteiger partial charge is 0.496 e. The van der Waals surface area contributed by atoms with Gasteiger partial charge < -0.3 is 9.84 Å². The number of ether oxygens (including phenoxy) is 1. The second-order valence-corrected chi connectivity index (χ2v) is 7.31. The average Bonchev–Trinajstić information content (AvgIpc) is 2.39. The molecular formula is C17H25BrO2. The van der Waals surface area contributed by atoms with E-state index in [2.05, 4.69) is 41.9 Å². The third kappa shape index (κ3) is 3.76. The van der Waals surface area contributed by atoms with Crippen LogP contribution in [0.15, 0.2) is 22.7 Å². The van der Waals surface area contributed by atoms with Crippen molar-refractivity contribution in [3.63, 3.8) is 0 Å². The van der Waals surface area contributed by atoms with E-state index < -0.39 is 5.60 Å². The van der Waals surface area contributed by atoms with Crippen molar-refractivity contribution in [2.24, 2.45) is 11.8 Å². The van der Waals surface area contributed by atoms with E-state index in [0.717, 1.165) is 54.2 Å². The molecule has 0 radical (unpaired) electrons. The summed E-state index contributed by atoms with van der Waals surface area (Å²) in [5, 5.41) is 10.8. The Kier molecular flexibility index (Phi) is 5.14. The lowest BCUT2D eigenvalue weighted by molar-refractivity contribution is -0.0146. The summed E-state index contributed by atoms with van der Waals surface area (Å²) in [6, 6.07) is 6.07. The minimum Gasteiger partial charge on any atom is -0.496 e. The smallest absolute Gasteiger partial charge is 0.133 e. The highest BCUT2D eigenvalue weighted by atomic mass is 79.9. The number of methoxy groups -OCH3 is 1. The molecule has 1 saturated carbocycles. The van der Waals surface area contributed by atoms with Crippen molar-refractivity contribution in [1.82, 2.24) is 0 Å². The van der Waals surface area contributed by atoms with Gasteiger partial charge in [-0.25, -0.2) is 0 Å². The van der Waals surface area contributed by atoms with E-state index in [9.17, 15) is 5.11 Å². The van der Waals surface area contributed by atoms with Crippen molar-refractivity contribution < 1.29 is 9.84 Å². The minimum absolute atomic E-state index is 0.528. The third-order valence-electron chi connectivity index (χ3n) is 4.65. The summed E-state index contributed by atoms with van der Waals surface area (Å²) in [6.07, 6.45) is 4.86. The van der Waals surface area contributed by atoms with Crippen LogP contribution in [0.4, 0.5) is 0 Å². The van der Waals surface area contributed by atoms with Crippen molar-refractivity contribution in [2.45, 2.75) is 51.6 Å². The van der Waals surface area contributed by atoms with Gasteiger partial charge in [-0.05, 0) is 71.1 Å². The van der Waals surface area contributed by atoms with E-state index in [1.165, 1.54) is 5.56 Å². The molecule has 1 aromatic carbocycles. The molecule has 0 heterocycles. The Balaban J connectivity index is 2.01. The Morgan fingerprint density at radius 2 is 2.00 bits per heavy atom. The van der Waals surface area contributed by atoms with Crippen LogP contribution in [-0.4, -0.2) is 17.8 Å². The second-order valence-electron chi connectivity index (χ2n) is 6.45. The van der Waals surface area contributed by atoms with Gasteiger partial charge in [0.1, 0.15) is 5.75 Å². The molecular weight excluding hydrogens is 316 g/mol. The second kappa shape index (κ2) is 6.48. The first-order valence-corrected chi connectivity index (χ1v) is 8.27. The fourth-order valence-electron chi connectivity index (χ4n) is 3.22. The Morgan fingerprint density at radius 1 is 1.35 bits per heavy atom. The fraction of sp³-hybridized carbons (Fsp3) is 0.647. The zero-order chi connectivity index (χ0) is 14.8. The molecule has 0 amide bonds. The first kappa shape index (κ1) is 15.8. The first-order valence-electron chi connectivity index (χ1n) is 7.48. The first-order chi connectivity index (χ1) is 9.43. The molecule has 1 N–H and O–H groups in total. The number of hydrogen-bond donors (Lipinski definition) is 1. The number of hydrogen-bond acceptors (Lipinski definition) is 2. The van der Waals surface area contributed by atoms with Crippen molar-refractivity contribution in [2.75, 3.05) is 7.11 Å². The van der Waals surface area contributed by atoms with Gasteiger partial charge in [0.25, 0.3) is 0 Å². The molecule has 20 heavy (non-hydrogen) atoms. The predicted octanol–water partition coefficient (Wildman–Crippen LogP) is 4.58. The molecule has 2 nitrogen and oxygen atoms in total. The van der Waals surface area contributed by atoms with Gasteiger partial charge in [-0.3, -0.25) is 0 Å². The molecule has 112 valence electrons. The van der Waals surface area contributed by atoms with Crippen LogP contribution < -0.4 is 4.74 Å². The van der Waals surface area contributed by atoms with E-state index in [4.69, 9.17) is 4.74 Å². The number of halogens is 1. The highest BCUT2D eigenvalue weighted by Crippen LogP contribution is 2.38. The summed E-state index contributed by atoms with van der Waals surface area (Å²) in [6.45, 7) is 4.57. The lowest BCUT2D eigenvalue weighted by atomic mass is 9.72. The summed E-state index contributed by atoms with van der Waals surface area (Å²) in [4.78, 5) is 0. The van der Waals surface area contributed by atoms with Crippen molar-refractivity contribution in [3.05, 3.63) is 28.2 Å². The van der Waals surface area contributed by atoms with Crippen LogP contribution in [0.2, 0.25) is 0 Å². The van der Waals surface area contributed by atoms with Crippen LogP contribution in [0.25, 0.3) is 0 Å². The van der Waals surface area contributed by atoms with Gasteiger partial charge in [-0.15, -0.1) is 0 Å². The van der Waals surface area contributed by atoms with E-state index in [1.54, 1.807) is 7.11 Å². The summed E-state index contributed by atoms with van der Waals surface area (Å²) >= 11 is 3.51. The van der Waals surface area contributed by atoms with Crippen LogP contribution >= 0.6 is 15.9 Å². The van der Waals surface area contributed by atoms with Crippen molar-refractivity contribution in [3.8, 4) is 5.75 Å². The van der Waals surface area contributed by atoms with Crippen molar-refractivity contribution in [1.29, 1.82) is 0 Å². The quantitative estimate of drug-likeness (QED) is 0.869. The normalized spacial score (nSPS) is 26.8. The van der Waals surface area contributed by atoms with Gasteiger partial charge in [-0.1, -0.05) is 19.9 Å². The lowest BCUT2D eigenvalue weighted by Crippen LogP contribution is -2.37. The Hall–Kier alpha value is -0.540. The highest BCUT2D eigenvalue weighted by molar-refractivity contribution is 9.10. The van der Waals surface area contributed by atoms with Gasteiger partial charge in [0.2, 0.25) is 0 Å². The maximum atomic E-state index is 10.8. The van der Waals surface area contributed by atoms with E-state index in [0.29, 0.717) is 0 Å². The van der Waals surface area contributed by atoms with Gasteiger partial charge >= 0.3 is 0 Å². The maximum absolute atomic E-state index is 10.8. The molecule has 1 aliphatic rings. The molecule has 1 fully saturated rings. The van der Waals surface area contributed by atoms with E-state index in [-0.39, 0.29) is 0 Å². The topological polar surface area (TPSA) is 29.5 Å². The number of benzene rings is 1.